The molecule has 0 atom stereocenters. The maximum atomic E-state index is 10.3. The molecule has 1 aliphatic heterocycles. The first-order valence-electron chi connectivity index (χ1n) is 6.38. The Labute approximate surface area is 116 Å². The van der Waals surface area contributed by atoms with Gasteiger partial charge in [0.15, 0.2) is 0 Å². The molecule has 1 aromatic rings. The summed E-state index contributed by atoms with van der Waals surface area (Å²) in [5, 5.41) is 10.3. The van der Waals surface area contributed by atoms with Gasteiger partial charge in [0, 0.05) is 29.7 Å². The van der Waals surface area contributed by atoms with Gasteiger partial charge < -0.3 is 9.84 Å². The van der Waals surface area contributed by atoms with Crippen molar-refractivity contribution in [2.75, 3.05) is 20.2 Å². The van der Waals surface area contributed by atoms with Gasteiger partial charge in [-0.1, -0.05) is 15.9 Å². The second-order valence-corrected chi connectivity index (χ2v) is 6.39. The fraction of sp³-hybridized carbons (Fsp3) is 0.571. The molecule has 4 heteroatoms. The van der Waals surface area contributed by atoms with Crippen LogP contribution in [0, 0.1) is 5.92 Å². The van der Waals surface area contributed by atoms with Gasteiger partial charge in [0.2, 0.25) is 0 Å². The standard InChI is InChI=1S/C14H18BrNO2/c1-18-13-5-4-12(15)6-10(13)7-16-8-14(17,9-16)11-2-3-11/h4-6,11,17H,2-3,7-9H2,1H3. The lowest BCUT2D eigenvalue weighted by Crippen LogP contribution is -2.62. The quantitative estimate of drug-likeness (QED) is 0.927. The second-order valence-electron chi connectivity index (χ2n) is 5.48. The van der Waals surface area contributed by atoms with Crippen LogP contribution in [0.1, 0.15) is 18.4 Å². The lowest BCUT2D eigenvalue weighted by molar-refractivity contribution is -0.116. The van der Waals surface area contributed by atoms with Crippen molar-refractivity contribution in [2.45, 2.75) is 25.0 Å². The molecule has 1 aromatic carbocycles. The van der Waals surface area contributed by atoms with Crippen molar-refractivity contribution in [3.05, 3.63) is 28.2 Å². The zero-order valence-corrected chi connectivity index (χ0v) is 12.1. The first-order valence-corrected chi connectivity index (χ1v) is 7.17. The molecular weight excluding hydrogens is 294 g/mol. The van der Waals surface area contributed by atoms with E-state index in [0.717, 1.165) is 29.9 Å². The van der Waals surface area contributed by atoms with E-state index in [9.17, 15) is 5.11 Å². The van der Waals surface area contributed by atoms with Crippen molar-refractivity contribution < 1.29 is 9.84 Å². The third kappa shape index (κ3) is 2.29. The van der Waals surface area contributed by atoms with E-state index in [1.165, 1.54) is 18.4 Å². The molecule has 0 spiro atoms. The summed E-state index contributed by atoms with van der Waals surface area (Å²) in [5.41, 5.74) is 0.768. The number of likely N-dealkylation sites (tertiary alicyclic amines) is 1. The predicted molar refractivity (Wildman–Crippen MR) is 73.6 cm³/mol. The minimum atomic E-state index is -0.404. The van der Waals surface area contributed by atoms with Gasteiger partial charge in [-0.2, -0.15) is 0 Å². The van der Waals surface area contributed by atoms with E-state index in [4.69, 9.17) is 4.74 Å². The van der Waals surface area contributed by atoms with E-state index in [1.807, 2.05) is 12.1 Å². The summed E-state index contributed by atoms with van der Waals surface area (Å²) in [6.07, 6.45) is 2.40. The van der Waals surface area contributed by atoms with Crippen molar-refractivity contribution in [1.29, 1.82) is 0 Å². The second kappa shape index (κ2) is 4.51. The Kier molecular flexibility index (Phi) is 3.12. The number of aliphatic hydroxyl groups is 1. The summed E-state index contributed by atoms with van der Waals surface area (Å²) in [6.45, 7) is 2.44. The third-order valence-corrected chi connectivity index (χ3v) is 4.46. The maximum absolute atomic E-state index is 10.3. The molecule has 1 aliphatic carbocycles. The summed E-state index contributed by atoms with van der Waals surface area (Å²) in [4.78, 5) is 2.28. The van der Waals surface area contributed by atoms with Crippen LogP contribution in [0.25, 0.3) is 0 Å². The lowest BCUT2D eigenvalue weighted by Gasteiger charge is -2.47. The molecule has 0 radical (unpaired) electrons. The fourth-order valence-electron chi connectivity index (χ4n) is 2.83. The molecule has 18 heavy (non-hydrogen) atoms. The molecule has 0 aromatic heterocycles. The normalized spacial score (nSPS) is 22.6. The molecule has 0 unspecified atom stereocenters. The number of ether oxygens (including phenoxy) is 1. The Balaban J connectivity index is 1.65. The highest BCUT2D eigenvalue weighted by molar-refractivity contribution is 9.10. The number of halogens is 1. The number of nitrogens with zero attached hydrogens (tertiary/aromatic N) is 1. The number of β-amino-alcohol motifs (C(OH)–C–C–N with tert-alkyl or cyclic N) is 1. The molecule has 0 amide bonds. The topological polar surface area (TPSA) is 32.7 Å². The van der Waals surface area contributed by atoms with E-state index in [2.05, 4.69) is 26.9 Å². The Hall–Kier alpha value is -0.580. The summed E-state index contributed by atoms with van der Waals surface area (Å²) in [7, 11) is 1.70. The van der Waals surface area contributed by atoms with Crippen LogP contribution in [0.5, 0.6) is 5.75 Å². The number of hydrogen-bond donors (Lipinski definition) is 1. The van der Waals surface area contributed by atoms with Crippen LogP contribution in [0.15, 0.2) is 22.7 Å². The molecule has 3 nitrogen and oxygen atoms in total. The van der Waals surface area contributed by atoms with Gasteiger partial charge in [0.05, 0.1) is 12.7 Å². The van der Waals surface area contributed by atoms with E-state index in [1.54, 1.807) is 7.11 Å². The summed E-state index contributed by atoms with van der Waals surface area (Å²) < 4.78 is 6.44. The number of methoxy groups -OCH3 is 1. The Bertz CT molecular complexity index is 453. The van der Waals surface area contributed by atoms with Crippen LogP contribution in [0.4, 0.5) is 0 Å². The summed E-state index contributed by atoms with van der Waals surface area (Å²) in [5.74, 6) is 1.47. The van der Waals surface area contributed by atoms with Gasteiger partial charge in [-0.3, -0.25) is 4.90 Å². The van der Waals surface area contributed by atoms with Gasteiger partial charge in [0.1, 0.15) is 5.75 Å². The Morgan fingerprint density at radius 1 is 1.44 bits per heavy atom. The zero-order chi connectivity index (χ0) is 12.8. The largest absolute Gasteiger partial charge is 0.496 e. The predicted octanol–water partition coefficient (Wildman–Crippen LogP) is 2.41. The molecular formula is C14H18BrNO2. The average molecular weight is 312 g/mol. The van der Waals surface area contributed by atoms with Crippen molar-refractivity contribution >= 4 is 15.9 Å². The number of rotatable bonds is 4. The fourth-order valence-corrected chi connectivity index (χ4v) is 3.24. The summed E-state index contributed by atoms with van der Waals surface area (Å²) in [6, 6.07) is 6.05. The van der Waals surface area contributed by atoms with Crippen molar-refractivity contribution in [3.8, 4) is 5.75 Å². The highest BCUT2D eigenvalue weighted by atomic mass is 79.9. The first-order chi connectivity index (χ1) is 8.60. The van der Waals surface area contributed by atoms with Crippen molar-refractivity contribution in [3.63, 3.8) is 0 Å². The van der Waals surface area contributed by atoms with Gasteiger partial charge >= 0.3 is 0 Å². The van der Waals surface area contributed by atoms with Crippen LogP contribution in [0.2, 0.25) is 0 Å². The third-order valence-electron chi connectivity index (χ3n) is 3.97. The number of hydrogen-bond acceptors (Lipinski definition) is 3. The zero-order valence-electron chi connectivity index (χ0n) is 10.5. The van der Waals surface area contributed by atoms with Crippen molar-refractivity contribution in [1.82, 2.24) is 4.90 Å². The molecule has 0 bridgehead atoms. The van der Waals surface area contributed by atoms with Crippen LogP contribution >= 0.6 is 15.9 Å². The van der Waals surface area contributed by atoms with E-state index in [0.29, 0.717) is 5.92 Å². The average Bonchev–Trinajstić information content (AvgIpc) is 3.11. The molecule has 1 heterocycles. The van der Waals surface area contributed by atoms with Gasteiger partial charge in [0.25, 0.3) is 0 Å². The molecule has 1 saturated carbocycles. The molecule has 2 fully saturated rings. The highest BCUT2D eigenvalue weighted by Gasteiger charge is 2.51. The van der Waals surface area contributed by atoms with Crippen LogP contribution in [-0.2, 0) is 6.54 Å². The minimum absolute atomic E-state index is 0.404. The van der Waals surface area contributed by atoms with Gasteiger partial charge in [-0.25, -0.2) is 0 Å². The molecule has 3 rings (SSSR count). The van der Waals surface area contributed by atoms with Gasteiger partial charge in [-0.05, 0) is 37.0 Å². The van der Waals surface area contributed by atoms with Crippen molar-refractivity contribution in [2.24, 2.45) is 5.92 Å². The van der Waals surface area contributed by atoms with E-state index >= 15 is 0 Å². The smallest absolute Gasteiger partial charge is 0.123 e. The maximum Gasteiger partial charge on any atom is 0.123 e. The van der Waals surface area contributed by atoms with Crippen LogP contribution in [0.3, 0.4) is 0 Å². The SMILES string of the molecule is COc1ccc(Br)cc1CN1CC(O)(C2CC2)C1. The van der Waals surface area contributed by atoms with Gasteiger partial charge in [-0.15, -0.1) is 0 Å². The lowest BCUT2D eigenvalue weighted by atomic mass is 9.88. The first kappa shape index (κ1) is 12.5. The molecule has 1 N–H and O–H groups in total. The monoisotopic (exact) mass is 311 g/mol. The van der Waals surface area contributed by atoms with Crippen LogP contribution < -0.4 is 4.74 Å². The molecule has 98 valence electrons. The molecule has 1 saturated heterocycles. The van der Waals surface area contributed by atoms with Crippen LogP contribution in [-0.4, -0.2) is 35.8 Å². The summed E-state index contributed by atoms with van der Waals surface area (Å²) >= 11 is 3.49. The highest BCUT2D eigenvalue weighted by Crippen LogP contribution is 2.45. The Morgan fingerprint density at radius 2 is 2.17 bits per heavy atom. The molecule has 2 aliphatic rings. The minimum Gasteiger partial charge on any atom is -0.496 e. The van der Waals surface area contributed by atoms with E-state index in [-0.39, 0.29) is 0 Å². The van der Waals surface area contributed by atoms with E-state index < -0.39 is 5.60 Å². The Morgan fingerprint density at radius 3 is 2.78 bits per heavy atom. The number of benzene rings is 1.